The van der Waals surface area contributed by atoms with Gasteiger partial charge >= 0.3 is 0 Å². The summed E-state index contributed by atoms with van der Waals surface area (Å²) in [5, 5.41) is 10.7. The van der Waals surface area contributed by atoms with Gasteiger partial charge in [-0.25, -0.2) is 4.98 Å². The topological polar surface area (TPSA) is 69.7 Å². The molecule has 1 saturated carbocycles. The van der Waals surface area contributed by atoms with Crippen LogP contribution in [0.25, 0.3) is 0 Å². The smallest absolute Gasteiger partial charge is 0.227 e. The zero-order valence-electron chi connectivity index (χ0n) is 12.3. The molecule has 0 bridgehead atoms. The number of H-pyrrole nitrogens is 1. The summed E-state index contributed by atoms with van der Waals surface area (Å²) in [6, 6.07) is 4.05. The Balaban J connectivity index is 1.55. The van der Waals surface area contributed by atoms with Crippen LogP contribution in [0.1, 0.15) is 43.0 Å². The van der Waals surface area contributed by atoms with Crippen LogP contribution in [0.5, 0.6) is 0 Å². The first-order valence-corrected chi connectivity index (χ1v) is 7.71. The Kier molecular flexibility index (Phi) is 3.02. The molecule has 6 nitrogen and oxygen atoms in total. The SMILES string of the molecule is Cc1cc(Nc2cc(C3CC3)[nH]n2)nc(N2CCCC2)n1. The molecule has 2 aliphatic rings. The number of nitrogens with one attached hydrogen (secondary N) is 2. The van der Waals surface area contributed by atoms with Crippen molar-refractivity contribution in [1.82, 2.24) is 20.2 Å². The summed E-state index contributed by atoms with van der Waals surface area (Å²) in [4.78, 5) is 11.4. The van der Waals surface area contributed by atoms with E-state index in [2.05, 4.69) is 36.4 Å². The molecule has 2 aromatic rings. The van der Waals surface area contributed by atoms with Gasteiger partial charge in [0.15, 0.2) is 5.82 Å². The van der Waals surface area contributed by atoms with Crippen LogP contribution in [0.2, 0.25) is 0 Å². The number of aromatic amines is 1. The maximum Gasteiger partial charge on any atom is 0.227 e. The van der Waals surface area contributed by atoms with Crippen molar-refractivity contribution in [3.8, 4) is 0 Å². The molecular weight excluding hydrogens is 264 g/mol. The normalized spacial score (nSPS) is 18.2. The maximum atomic E-state index is 4.63. The van der Waals surface area contributed by atoms with E-state index in [1.165, 1.54) is 31.4 Å². The monoisotopic (exact) mass is 284 g/mol. The Labute approximate surface area is 124 Å². The van der Waals surface area contributed by atoms with Gasteiger partial charge in [-0.15, -0.1) is 0 Å². The first kappa shape index (κ1) is 12.6. The first-order valence-electron chi connectivity index (χ1n) is 7.71. The van der Waals surface area contributed by atoms with E-state index in [0.29, 0.717) is 5.92 Å². The molecule has 0 radical (unpaired) electrons. The lowest BCUT2D eigenvalue weighted by atomic mass is 10.3. The number of nitrogens with zero attached hydrogens (tertiary/aromatic N) is 4. The summed E-state index contributed by atoms with van der Waals surface area (Å²) in [5.74, 6) is 3.16. The van der Waals surface area contributed by atoms with Crippen LogP contribution >= 0.6 is 0 Å². The van der Waals surface area contributed by atoms with E-state index in [9.17, 15) is 0 Å². The van der Waals surface area contributed by atoms with Crippen molar-refractivity contribution in [2.75, 3.05) is 23.3 Å². The minimum absolute atomic E-state index is 0.681. The summed E-state index contributed by atoms with van der Waals surface area (Å²) in [5.41, 5.74) is 2.20. The second-order valence-electron chi connectivity index (χ2n) is 6.00. The Bertz CT molecular complexity index is 639. The predicted octanol–water partition coefficient (Wildman–Crippen LogP) is 2.73. The quantitative estimate of drug-likeness (QED) is 0.903. The highest BCUT2D eigenvalue weighted by Crippen LogP contribution is 2.39. The molecular formula is C15H20N6. The number of hydrogen-bond donors (Lipinski definition) is 2. The molecule has 2 N–H and O–H groups in total. The standard InChI is InChI=1S/C15H20N6/c1-10-8-13(18-15(16-10)21-6-2-3-7-21)17-14-9-12(19-20-14)11-4-5-11/h8-9,11H,2-7H2,1H3,(H2,16,17,18,19,20). The highest BCUT2D eigenvalue weighted by molar-refractivity contribution is 5.54. The first-order chi connectivity index (χ1) is 10.3. The van der Waals surface area contributed by atoms with Gasteiger partial charge in [-0.05, 0) is 32.6 Å². The van der Waals surface area contributed by atoms with E-state index in [-0.39, 0.29) is 0 Å². The molecule has 0 unspecified atom stereocenters. The summed E-state index contributed by atoms with van der Waals surface area (Å²) in [6.45, 7) is 4.11. The fourth-order valence-corrected chi connectivity index (χ4v) is 2.81. The molecule has 110 valence electrons. The molecule has 3 heterocycles. The van der Waals surface area contributed by atoms with Crippen LogP contribution in [-0.2, 0) is 0 Å². The third-order valence-corrected chi connectivity index (χ3v) is 4.10. The second kappa shape index (κ2) is 5.02. The van der Waals surface area contributed by atoms with Crippen LogP contribution in [0.4, 0.5) is 17.6 Å². The van der Waals surface area contributed by atoms with Crippen molar-refractivity contribution in [3.05, 3.63) is 23.5 Å². The number of aryl methyl sites for hydroxylation is 1. The predicted molar refractivity (Wildman–Crippen MR) is 82.1 cm³/mol. The lowest BCUT2D eigenvalue weighted by Gasteiger charge is -2.16. The van der Waals surface area contributed by atoms with Gasteiger partial charge in [0.1, 0.15) is 5.82 Å². The summed E-state index contributed by atoms with van der Waals surface area (Å²) < 4.78 is 0. The Hall–Kier alpha value is -2.11. The lowest BCUT2D eigenvalue weighted by molar-refractivity contribution is 0.890. The zero-order valence-corrected chi connectivity index (χ0v) is 12.3. The minimum Gasteiger partial charge on any atom is -0.341 e. The third kappa shape index (κ3) is 2.70. The lowest BCUT2D eigenvalue weighted by Crippen LogP contribution is -2.21. The van der Waals surface area contributed by atoms with E-state index < -0.39 is 0 Å². The van der Waals surface area contributed by atoms with Crippen LogP contribution in [0.3, 0.4) is 0 Å². The van der Waals surface area contributed by atoms with Gasteiger partial charge in [-0.1, -0.05) is 0 Å². The minimum atomic E-state index is 0.681. The molecule has 0 spiro atoms. The van der Waals surface area contributed by atoms with Crippen LogP contribution in [0.15, 0.2) is 12.1 Å². The third-order valence-electron chi connectivity index (χ3n) is 4.10. The molecule has 2 aromatic heterocycles. The molecule has 4 rings (SSSR count). The number of hydrogen-bond acceptors (Lipinski definition) is 5. The van der Waals surface area contributed by atoms with Gasteiger partial charge < -0.3 is 10.2 Å². The number of rotatable bonds is 4. The molecule has 0 amide bonds. The van der Waals surface area contributed by atoms with E-state index >= 15 is 0 Å². The van der Waals surface area contributed by atoms with Crippen molar-refractivity contribution >= 4 is 17.6 Å². The van der Waals surface area contributed by atoms with Crippen molar-refractivity contribution in [1.29, 1.82) is 0 Å². The van der Waals surface area contributed by atoms with Gasteiger partial charge in [0, 0.05) is 42.5 Å². The molecule has 1 aliphatic carbocycles. The van der Waals surface area contributed by atoms with Crippen molar-refractivity contribution in [3.63, 3.8) is 0 Å². The average Bonchev–Trinajstić information content (AvgIpc) is 2.99. The molecule has 1 saturated heterocycles. The van der Waals surface area contributed by atoms with E-state index in [4.69, 9.17) is 0 Å². The van der Waals surface area contributed by atoms with Gasteiger partial charge in [-0.3, -0.25) is 5.10 Å². The van der Waals surface area contributed by atoms with Gasteiger partial charge in [0.05, 0.1) is 0 Å². The maximum absolute atomic E-state index is 4.63. The molecule has 6 heteroatoms. The highest BCUT2D eigenvalue weighted by Gasteiger charge is 2.25. The van der Waals surface area contributed by atoms with Crippen molar-refractivity contribution in [2.24, 2.45) is 0 Å². The van der Waals surface area contributed by atoms with Gasteiger partial charge in [-0.2, -0.15) is 10.1 Å². The Morgan fingerprint density at radius 3 is 2.71 bits per heavy atom. The fraction of sp³-hybridized carbons (Fsp3) is 0.533. The number of aromatic nitrogens is 4. The van der Waals surface area contributed by atoms with Crippen molar-refractivity contribution in [2.45, 2.75) is 38.5 Å². The van der Waals surface area contributed by atoms with Gasteiger partial charge in [0.2, 0.25) is 5.95 Å². The second-order valence-corrected chi connectivity index (χ2v) is 6.00. The summed E-state index contributed by atoms with van der Waals surface area (Å²) in [7, 11) is 0. The molecule has 0 aromatic carbocycles. The van der Waals surface area contributed by atoms with E-state index in [0.717, 1.165) is 36.4 Å². The number of anilines is 3. The van der Waals surface area contributed by atoms with Crippen molar-refractivity contribution < 1.29 is 0 Å². The zero-order chi connectivity index (χ0) is 14.2. The van der Waals surface area contributed by atoms with E-state index in [1.54, 1.807) is 0 Å². The molecule has 0 atom stereocenters. The highest BCUT2D eigenvalue weighted by atomic mass is 15.3. The summed E-state index contributed by atoms with van der Waals surface area (Å²) >= 11 is 0. The van der Waals surface area contributed by atoms with Crippen LogP contribution in [-0.4, -0.2) is 33.3 Å². The Morgan fingerprint density at radius 1 is 1.14 bits per heavy atom. The molecule has 21 heavy (non-hydrogen) atoms. The largest absolute Gasteiger partial charge is 0.341 e. The average molecular weight is 284 g/mol. The summed E-state index contributed by atoms with van der Waals surface area (Å²) in [6.07, 6.45) is 5.00. The molecule has 1 aliphatic heterocycles. The van der Waals surface area contributed by atoms with Gasteiger partial charge in [0.25, 0.3) is 0 Å². The van der Waals surface area contributed by atoms with E-state index in [1.807, 2.05) is 13.0 Å². The fourth-order valence-electron chi connectivity index (χ4n) is 2.81. The Morgan fingerprint density at radius 2 is 1.95 bits per heavy atom. The van der Waals surface area contributed by atoms with Crippen LogP contribution < -0.4 is 10.2 Å². The molecule has 2 fully saturated rings. The van der Waals surface area contributed by atoms with Crippen LogP contribution in [0, 0.1) is 6.92 Å².